The van der Waals surface area contributed by atoms with Crippen LogP contribution in [0.5, 0.6) is 0 Å². The van der Waals surface area contributed by atoms with Gasteiger partial charge in [-0.2, -0.15) is 0 Å². The van der Waals surface area contributed by atoms with E-state index >= 15 is 0 Å². The molecule has 4 heteroatoms. The van der Waals surface area contributed by atoms with E-state index in [-0.39, 0.29) is 6.04 Å². The summed E-state index contributed by atoms with van der Waals surface area (Å²) in [5, 5.41) is 8.52. The molecule has 1 aromatic rings. The van der Waals surface area contributed by atoms with E-state index in [9.17, 15) is 0 Å². The molecule has 4 nitrogen and oxygen atoms in total. The fourth-order valence-electron chi connectivity index (χ4n) is 2.72. The van der Waals surface area contributed by atoms with Gasteiger partial charge in [-0.25, -0.2) is 0 Å². The zero-order chi connectivity index (χ0) is 11.5. The Morgan fingerprint density at radius 2 is 2.00 bits per heavy atom. The maximum absolute atomic E-state index is 6.26. The Labute approximate surface area is 97.2 Å². The minimum absolute atomic E-state index is 0.261. The van der Waals surface area contributed by atoms with E-state index in [1.807, 2.05) is 6.92 Å². The van der Waals surface area contributed by atoms with Crippen LogP contribution < -0.4 is 5.73 Å². The molecule has 0 aromatic carbocycles. The largest absolute Gasteiger partial charge is 0.327 e. The molecule has 0 amide bonds. The van der Waals surface area contributed by atoms with Crippen molar-refractivity contribution in [1.29, 1.82) is 0 Å². The Morgan fingerprint density at radius 3 is 2.75 bits per heavy atom. The maximum Gasteiger partial charge on any atom is 0.137 e. The standard InChI is InChI=1S/C12H22N4/c1-3-16-9(2)14-15-12(16)10-7-5-4-6-8-11(10)13/h10-11H,3-8,13H2,1-2H3. The highest BCUT2D eigenvalue weighted by atomic mass is 15.3. The predicted octanol–water partition coefficient (Wildman–Crippen LogP) is 1.98. The van der Waals surface area contributed by atoms with Crippen molar-refractivity contribution in [3.63, 3.8) is 0 Å². The van der Waals surface area contributed by atoms with Crippen molar-refractivity contribution in [3.05, 3.63) is 11.6 Å². The molecule has 1 heterocycles. The molecule has 0 aliphatic heterocycles. The van der Waals surface area contributed by atoms with Gasteiger partial charge in [-0.3, -0.25) is 0 Å². The molecule has 0 bridgehead atoms. The Bertz CT molecular complexity index is 345. The Balaban J connectivity index is 2.26. The highest BCUT2D eigenvalue weighted by Gasteiger charge is 2.26. The summed E-state index contributed by atoms with van der Waals surface area (Å²) in [5.74, 6) is 2.52. The SMILES string of the molecule is CCn1c(C)nnc1C1CCCCCC1N. The molecule has 1 fully saturated rings. The fraction of sp³-hybridized carbons (Fsp3) is 0.833. The lowest BCUT2D eigenvalue weighted by molar-refractivity contribution is 0.462. The zero-order valence-electron chi connectivity index (χ0n) is 10.3. The molecule has 2 rings (SSSR count). The first-order valence-electron chi connectivity index (χ1n) is 6.39. The molecular formula is C12H22N4. The third-order valence-corrected chi connectivity index (χ3v) is 3.68. The van der Waals surface area contributed by atoms with Crippen LogP contribution in [0.25, 0.3) is 0 Å². The third-order valence-electron chi connectivity index (χ3n) is 3.68. The number of rotatable bonds is 2. The molecule has 0 radical (unpaired) electrons. The number of aromatic nitrogens is 3. The number of hydrogen-bond donors (Lipinski definition) is 1. The third kappa shape index (κ3) is 2.12. The number of aryl methyl sites for hydroxylation is 1. The van der Waals surface area contributed by atoms with E-state index < -0.39 is 0 Å². The van der Waals surface area contributed by atoms with Gasteiger partial charge in [0.2, 0.25) is 0 Å². The first-order chi connectivity index (χ1) is 7.74. The molecule has 0 spiro atoms. The average molecular weight is 222 g/mol. The van der Waals surface area contributed by atoms with Gasteiger partial charge in [0.05, 0.1) is 0 Å². The van der Waals surface area contributed by atoms with Crippen molar-refractivity contribution in [3.8, 4) is 0 Å². The summed E-state index contributed by atoms with van der Waals surface area (Å²) in [5.41, 5.74) is 6.26. The lowest BCUT2D eigenvalue weighted by atomic mass is 9.94. The minimum Gasteiger partial charge on any atom is -0.327 e. The minimum atomic E-state index is 0.261. The fourth-order valence-corrected chi connectivity index (χ4v) is 2.72. The summed E-state index contributed by atoms with van der Waals surface area (Å²) in [6.45, 7) is 5.10. The topological polar surface area (TPSA) is 56.7 Å². The first kappa shape index (κ1) is 11.6. The van der Waals surface area contributed by atoms with E-state index in [0.29, 0.717) is 5.92 Å². The number of nitrogens with two attached hydrogens (primary N) is 1. The molecule has 90 valence electrons. The summed E-state index contributed by atoms with van der Waals surface area (Å²) in [4.78, 5) is 0. The van der Waals surface area contributed by atoms with E-state index in [4.69, 9.17) is 5.73 Å². The van der Waals surface area contributed by atoms with E-state index in [0.717, 1.165) is 24.6 Å². The monoisotopic (exact) mass is 222 g/mol. The van der Waals surface area contributed by atoms with E-state index in [1.165, 1.54) is 25.7 Å². The maximum atomic E-state index is 6.26. The quantitative estimate of drug-likeness (QED) is 0.778. The van der Waals surface area contributed by atoms with Gasteiger partial charge < -0.3 is 10.3 Å². The van der Waals surface area contributed by atoms with Crippen molar-refractivity contribution in [2.45, 2.75) is 64.5 Å². The highest BCUT2D eigenvalue weighted by Crippen LogP contribution is 2.30. The molecule has 2 unspecified atom stereocenters. The molecule has 2 N–H and O–H groups in total. The van der Waals surface area contributed by atoms with E-state index in [1.54, 1.807) is 0 Å². The van der Waals surface area contributed by atoms with Gasteiger partial charge >= 0.3 is 0 Å². The normalized spacial score (nSPS) is 26.7. The second-order valence-corrected chi connectivity index (χ2v) is 4.76. The lowest BCUT2D eigenvalue weighted by Crippen LogP contribution is -2.29. The van der Waals surface area contributed by atoms with E-state index in [2.05, 4.69) is 21.7 Å². The van der Waals surface area contributed by atoms with Crippen LogP contribution in [0, 0.1) is 6.92 Å². The molecule has 16 heavy (non-hydrogen) atoms. The molecule has 1 aliphatic rings. The summed E-state index contributed by atoms with van der Waals surface area (Å²) >= 11 is 0. The Hall–Kier alpha value is -0.900. The summed E-state index contributed by atoms with van der Waals surface area (Å²) in [6.07, 6.45) is 6.13. The van der Waals surface area contributed by atoms with Gasteiger partial charge in [0.15, 0.2) is 0 Å². The van der Waals surface area contributed by atoms with Crippen molar-refractivity contribution in [2.24, 2.45) is 5.73 Å². The second-order valence-electron chi connectivity index (χ2n) is 4.76. The Kier molecular flexibility index (Phi) is 3.59. The first-order valence-corrected chi connectivity index (χ1v) is 6.39. The van der Waals surface area contributed by atoms with Gasteiger partial charge in [-0.05, 0) is 26.7 Å². The Morgan fingerprint density at radius 1 is 1.25 bits per heavy atom. The summed E-state index contributed by atoms with van der Waals surface area (Å²) in [7, 11) is 0. The molecule has 0 saturated heterocycles. The van der Waals surface area contributed by atoms with Gasteiger partial charge in [0, 0.05) is 18.5 Å². The number of nitrogens with zero attached hydrogens (tertiary/aromatic N) is 3. The van der Waals surface area contributed by atoms with Crippen LogP contribution in [0.15, 0.2) is 0 Å². The highest BCUT2D eigenvalue weighted by molar-refractivity contribution is 5.05. The van der Waals surface area contributed by atoms with Crippen molar-refractivity contribution in [1.82, 2.24) is 14.8 Å². The smallest absolute Gasteiger partial charge is 0.137 e. The van der Waals surface area contributed by atoms with Crippen LogP contribution in [-0.4, -0.2) is 20.8 Å². The van der Waals surface area contributed by atoms with Crippen LogP contribution in [0.4, 0.5) is 0 Å². The van der Waals surface area contributed by atoms with Crippen LogP contribution in [-0.2, 0) is 6.54 Å². The zero-order valence-corrected chi connectivity index (χ0v) is 10.3. The molecule has 1 aliphatic carbocycles. The summed E-state index contributed by atoms with van der Waals surface area (Å²) in [6, 6.07) is 0.261. The van der Waals surface area contributed by atoms with Gasteiger partial charge in [-0.15, -0.1) is 10.2 Å². The van der Waals surface area contributed by atoms with Gasteiger partial charge in [0.25, 0.3) is 0 Å². The van der Waals surface area contributed by atoms with Crippen LogP contribution in [0.3, 0.4) is 0 Å². The molecular weight excluding hydrogens is 200 g/mol. The van der Waals surface area contributed by atoms with Gasteiger partial charge in [0.1, 0.15) is 11.6 Å². The lowest BCUT2D eigenvalue weighted by Gasteiger charge is -2.21. The average Bonchev–Trinajstić information content (AvgIpc) is 2.50. The molecule has 2 atom stereocenters. The second kappa shape index (κ2) is 4.95. The summed E-state index contributed by atoms with van der Waals surface area (Å²) < 4.78 is 2.20. The van der Waals surface area contributed by atoms with Crippen LogP contribution in [0.1, 0.15) is 56.6 Å². The van der Waals surface area contributed by atoms with Crippen molar-refractivity contribution >= 4 is 0 Å². The van der Waals surface area contributed by atoms with Crippen LogP contribution in [0.2, 0.25) is 0 Å². The van der Waals surface area contributed by atoms with Crippen LogP contribution >= 0.6 is 0 Å². The van der Waals surface area contributed by atoms with Gasteiger partial charge in [-0.1, -0.05) is 19.3 Å². The predicted molar refractivity (Wildman–Crippen MR) is 64.2 cm³/mol. The van der Waals surface area contributed by atoms with Crippen molar-refractivity contribution < 1.29 is 0 Å². The number of hydrogen-bond acceptors (Lipinski definition) is 3. The molecule has 1 saturated carbocycles. The molecule has 1 aromatic heterocycles. The van der Waals surface area contributed by atoms with Crippen molar-refractivity contribution in [2.75, 3.05) is 0 Å².